The summed E-state index contributed by atoms with van der Waals surface area (Å²) in [5.41, 5.74) is 1.89. The molecule has 5 heteroatoms. The Labute approximate surface area is 112 Å². The van der Waals surface area contributed by atoms with Gasteiger partial charge in [-0.3, -0.25) is 10.1 Å². The fourth-order valence-corrected chi connectivity index (χ4v) is 2.61. The van der Waals surface area contributed by atoms with Crippen LogP contribution in [0.3, 0.4) is 0 Å². The third-order valence-corrected chi connectivity index (χ3v) is 3.70. The summed E-state index contributed by atoms with van der Waals surface area (Å²) in [4.78, 5) is 16.4. The molecule has 1 aliphatic rings. The summed E-state index contributed by atoms with van der Waals surface area (Å²) in [7, 11) is 0. The van der Waals surface area contributed by atoms with E-state index in [-0.39, 0.29) is 11.8 Å². The van der Waals surface area contributed by atoms with Gasteiger partial charge in [0.05, 0.1) is 0 Å². The highest BCUT2D eigenvalue weighted by atomic mass is 16.2. The van der Waals surface area contributed by atoms with Crippen LogP contribution in [-0.2, 0) is 4.79 Å². The number of anilines is 1. The van der Waals surface area contributed by atoms with Crippen LogP contribution in [0.1, 0.15) is 37.7 Å². The Morgan fingerprint density at radius 1 is 1.37 bits per heavy atom. The molecule has 1 aliphatic carbocycles. The van der Waals surface area contributed by atoms with Crippen molar-refractivity contribution in [1.29, 1.82) is 0 Å². The monoisotopic (exact) mass is 258 g/mol. The number of carbonyl (C=O) groups excluding carboxylic acids is 1. The van der Waals surface area contributed by atoms with Gasteiger partial charge in [0.15, 0.2) is 5.65 Å². The lowest BCUT2D eigenvalue weighted by Crippen LogP contribution is -2.25. The fraction of sp³-hybridized carbons (Fsp3) is 0.500. The highest BCUT2D eigenvalue weighted by Crippen LogP contribution is 2.24. The van der Waals surface area contributed by atoms with Crippen molar-refractivity contribution in [3.8, 4) is 0 Å². The molecule has 2 aromatic heterocycles. The third kappa shape index (κ3) is 2.59. The minimum atomic E-state index is 0.0623. The van der Waals surface area contributed by atoms with Gasteiger partial charge < -0.3 is 0 Å². The van der Waals surface area contributed by atoms with E-state index in [0.29, 0.717) is 5.95 Å². The molecule has 1 saturated carbocycles. The lowest BCUT2D eigenvalue weighted by atomic mass is 9.89. The number of hydrogen-bond donors (Lipinski definition) is 1. The Morgan fingerprint density at radius 2 is 2.16 bits per heavy atom. The standard InChI is InChI=1S/C14H18N4O/c1-10-7-8-18-12(9-10)15-14(17-18)16-13(19)11-5-3-2-4-6-11/h7-9,11H,2-6H2,1H3,(H,16,17,19). The van der Waals surface area contributed by atoms with Crippen molar-refractivity contribution in [2.75, 3.05) is 5.32 Å². The third-order valence-electron chi connectivity index (χ3n) is 3.70. The number of amides is 1. The van der Waals surface area contributed by atoms with Gasteiger partial charge in [-0.05, 0) is 37.5 Å². The molecule has 0 unspecified atom stereocenters. The summed E-state index contributed by atoms with van der Waals surface area (Å²) in [5, 5.41) is 7.10. The van der Waals surface area contributed by atoms with Crippen LogP contribution in [0, 0.1) is 12.8 Å². The van der Waals surface area contributed by atoms with Crippen LogP contribution < -0.4 is 5.32 Å². The maximum Gasteiger partial charge on any atom is 0.249 e. The average molecular weight is 258 g/mol. The number of fused-ring (bicyclic) bond motifs is 1. The number of aromatic nitrogens is 3. The summed E-state index contributed by atoms with van der Waals surface area (Å²) < 4.78 is 1.68. The van der Waals surface area contributed by atoms with Crippen LogP contribution in [0.2, 0.25) is 0 Å². The number of nitrogens with one attached hydrogen (secondary N) is 1. The molecular formula is C14H18N4O. The Morgan fingerprint density at radius 3 is 2.95 bits per heavy atom. The minimum absolute atomic E-state index is 0.0623. The van der Waals surface area contributed by atoms with Gasteiger partial charge in [0.1, 0.15) is 0 Å². The van der Waals surface area contributed by atoms with Gasteiger partial charge in [-0.1, -0.05) is 19.3 Å². The Bertz CT molecular complexity index is 599. The zero-order valence-corrected chi connectivity index (χ0v) is 11.1. The van der Waals surface area contributed by atoms with E-state index in [2.05, 4.69) is 15.4 Å². The summed E-state index contributed by atoms with van der Waals surface area (Å²) in [6.45, 7) is 2.01. The molecule has 100 valence electrons. The first-order valence-corrected chi connectivity index (χ1v) is 6.86. The maximum atomic E-state index is 12.1. The summed E-state index contributed by atoms with van der Waals surface area (Å²) >= 11 is 0. The summed E-state index contributed by atoms with van der Waals surface area (Å²) in [5.74, 6) is 0.593. The van der Waals surface area contributed by atoms with Crippen molar-refractivity contribution in [1.82, 2.24) is 14.6 Å². The summed E-state index contributed by atoms with van der Waals surface area (Å²) in [6, 6.07) is 3.91. The van der Waals surface area contributed by atoms with Crippen molar-refractivity contribution in [2.24, 2.45) is 5.92 Å². The Kier molecular flexibility index (Phi) is 3.19. The van der Waals surface area contributed by atoms with E-state index in [1.54, 1.807) is 4.52 Å². The van der Waals surface area contributed by atoms with E-state index in [1.165, 1.54) is 6.42 Å². The second-order valence-electron chi connectivity index (χ2n) is 5.27. The first-order chi connectivity index (χ1) is 9.22. The molecule has 0 saturated heterocycles. The van der Waals surface area contributed by atoms with E-state index < -0.39 is 0 Å². The zero-order valence-electron chi connectivity index (χ0n) is 11.1. The van der Waals surface area contributed by atoms with E-state index >= 15 is 0 Å². The molecule has 5 nitrogen and oxygen atoms in total. The topological polar surface area (TPSA) is 59.3 Å². The molecule has 3 rings (SSSR count). The SMILES string of the molecule is Cc1ccn2nc(NC(=O)C3CCCCC3)nc2c1. The first-order valence-electron chi connectivity index (χ1n) is 6.86. The highest BCUT2D eigenvalue weighted by Gasteiger charge is 2.22. The van der Waals surface area contributed by atoms with Crippen molar-refractivity contribution < 1.29 is 4.79 Å². The largest absolute Gasteiger partial charge is 0.293 e. The number of aryl methyl sites for hydroxylation is 1. The average Bonchev–Trinajstić information content (AvgIpc) is 2.81. The molecular weight excluding hydrogens is 240 g/mol. The van der Waals surface area contributed by atoms with Gasteiger partial charge in [-0.25, -0.2) is 4.52 Å². The molecule has 0 aliphatic heterocycles. The van der Waals surface area contributed by atoms with Crippen molar-refractivity contribution in [2.45, 2.75) is 39.0 Å². The number of nitrogens with zero attached hydrogens (tertiary/aromatic N) is 3. The highest BCUT2D eigenvalue weighted by molar-refractivity contribution is 5.91. The zero-order chi connectivity index (χ0) is 13.2. The van der Waals surface area contributed by atoms with E-state index in [4.69, 9.17) is 0 Å². The number of hydrogen-bond acceptors (Lipinski definition) is 3. The van der Waals surface area contributed by atoms with Gasteiger partial charge >= 0.3 is 0 Å². The van der Waals surface area contributed by atoms with Gasteiger partial charge in [0.25, 0.3) is 0 Å². The summed E-state index contributed by atoms with van der Waals surface area (Å²) in [6.07, 6.45) is 7.37. The minimum Gasteiger partial charge on any atom is -0.293 e. The molecule has 2 heterocycles. The molecule has 2 aromatic rings. The number of pyridine rings is 1. The smallest absolute Gasteiger partial charge is 0.249 e. The molecule has 1 fully saturated rings. The van der Waals surface area contributed by atoms with Gasteiger partial charge in [0, 0.05) is 12.1 Å². The lowest BCUT2D eigenvalue weighted by Gasteiger charge is -2.19. The van der Waals surface area contributed by atoms with Crippen LogP contribution >= 0.6 is 0 Å². The van der Waals surface area contributed by atoms with E-state index in [1.807, 2.05) is 25.3 Å². The molecule has 0 radical (unpaired) electrons. The second-order valence-corrected chi connectivity index (χ2v) is 5.27. The molecule has 1 N–H and O–H groups in total. The first kappa shape index (κ1) is 12.1. The molecule has 0 atom stereocenters. The van der Waals surface area contributed by atoms with Crippen LogP contribution in [0.4, 0.5) is 5.95 Å². The predicted molar refractivity (Wildman–Crippen MR) is 72.9 cm³/mol. The number of carbonyl (C=O) groups is 1. The molecule has 1 amide bonds. The molecule has 19 heavy (non-hydrogen) atoms. The maximum absolute atomic E-state index is 12.1. The van der Waals surface area contributed by atoms with E-state index in [9.17, 15) is 4.79 Å². The van der Waals surface area contributed by atoms with Crippen LogP contribution in [-0.4, -0.2) is 20.5 Å². The van der Waals surface area contributed by atoms with Crippen molar-refractivity contribution in [3.63, 3.8) is 0 Å². The van der Waals surface area contributed by atoms with Gasteiger partial charge in [-0.15, -0.1) is 5.10 Å². The molecule has 0 bridgehead atoms. The van der Waals surface area contributed by atoms with Crippen LogP contribution in [0.5, 0.6) is 0 Å². The lowest BCUT2D eigenvalue weighted by molar-refractivity contribution is -0.120. The van der Waals surface area contributed by atoms with E-state index in [0.717, 1.165) is 36.9 Å². The molecule has 0 aromatic carbocycles. The van der Waals surface area contributed by atoms with Crippen LogP contribution in [0.25, 0.3) is 5.65 Å². The van der Waals surface area contributed by atoms with Gasteiger partial charge in [0.2, 0.25) is 11.9 Å². The van der Waals surface area contributed by atoms with Crippen molar-refractivity contribution >= 4 is 17.5 Å². The second kappa shape index (κ2) is 4.99. The van der Waals surface area contributed by atoms with Crippen LogP contribution in [0.15, 0.2) is 18.3 Å². The quantitative estimate of drug-likeness (QED) is 0.900. The van der Waals surface area contributed by atoms with Crippen molar-refractivity contribution in [3.05, 3.63) is 23.9 Å². The van der Waals surface area contributed by atoms with Gasteiger partial charge in [-0.2, -0.15) is 4.98 Å². The molecule has 0 spiro atoms. The number of rotatable bonds is 2. The normalized spacial score (nSPS) is 16.7. The fourth-order valence-electron chi connectivity index (χ4n) is 2.61. The Hall–Kier alpha value is -1.91. The Balaban J connectivity index is 1.75. The predicted octanol–water partition coefficient (Wildman–Crippen LogP) is 2.56.